The fourth-order valence-electron chi connectivity index (χ4n) is 2.27. The third-order valence-electron chi connectivity index (χ3n) is 3.62. The third kappa shape index (κ3) is 2.12. The Morgan fingerprint density at radius 3 is 2.71 bits per heavy atom. The largest absolute Gasteiger partial charge is 0.478 e. The molecule has 0 atom stereocenters. The number of hydrogen-bond acceptors (Lipinski definition) is 2. The van der Waals surface area contributed by atoms with Crippen molar-refractivity contribution in [3.05, 3.63) is 29.6 Å². The number of anilines is 1. The number of para-hydroxylation sites is 1. The van der Waals surface area contributed by atoms with E-state index >= 15 is 0 Å². The summed E-state index contributed by atoms with van der Waals surface area (Å²) in [5.41, 5.74) is 0.0122. The fraction of sp³-hybridized carbons (Fsp3) is 0.462. The molecule has 1 fully saturated rings. The first kappa shape index (κ1) is 11.9. The summed E-state index contributed by atoms with van der Waals surface area (Å²) in [4.78, 5) is 11.0. The Bertz CT molecular complexity index is 436. The molecule has 0 aliphatic heterocycles. The van der Waals surface area contributed by atoms with E-state index in [1.165, 1.54) is 18.2 Å². The number of rotatable bonds is 4. The van der Waals surface area contributed by atoms with Crippen LogP contribution in [0.2, 0.25) is 0 Å². The normalized spacial score (nSPS) is 17.3. The minimum Gasteiger partial charge on any atom is -0.478 e. The standard InChI is InChI=1S/C13H16FNO2/c1-2-13(7-4-8-13)15-11-9(12(16)17)5-3-6-10(11)14/h3,5-6,15H,2,4,7-8H2,1H3,(H,16,17). The summed E-state index contributed by atoms with van der Waals surface area (Å²) in [5.74, 6) is -1.60. The molecule has 92 valence electrons. The number of aromatic carboxylic acids is 1. The molecule has 0 saturated heterocycles. The number of carboxylic acid groups (broad SMARTS) is 1. The third-order valence-corrected chi connectivity index (χ3v) is 3.62. The van der Waals surface area contributed by atoms with Gasteiger partial charge in [-0.1, -0.05) is 13.0 Å². The Balaban J connectivity index is 2.34. The van der Waals surface area contributed by atoms with Crippen molar-refractivity contribution in [2.45, 2.75) is 38.1 Å². The van der Waals surface area contributed by atoms with Gasteiger partial charge in [-0.2, -0.15) is 0 Å². The second-order valence-electron chi connectivity index (χ2n) is 4.58. The van der Waals surface area contributed by atoms with Crippen LogP contribution in [-0.2, 0) is 0 Å². The zero-order chi connectivity index (χ0) is 12.5. The van der Waals surface area contributed by atoms with E-state index in [4.69, 9.17) is 5.11 Å². The van der Waals surface area contributed by atoms with E-state index in [1.54, 1.807) is 0 Å². The van der Waals surface area contributed by atoms with E-state index in [2.05, 4.69) is 5.32 Å². The van der Waals surface area contributed by atoms with Gasteiger partial charge >= 0.3 is 5.97 Å². The quantitative estimate of drug-likeness (QED) is 0.845. The Kier molecular flexibility index (Phi) is 3.05. The lowest BCUT2D eigenvalue weighted by atomic mass is 9.74. The van der Waals surface area contributed by atoms with Gasteiger partial charge in [-0.3, -0.25) is 0 Å². The van der Waals surface area contributed by atoms with Crippen molar-refractivity contribution >= 4 is 11.7 Å². The van der Waals surface area contributed by atoms with E-state index in [9.17, 15) is 9.18 Å². The summed E-state index contributed by atoms with van der Waals surface area (Å²) in [7, 11) is 0. The van der Waals surface area contributed by atoms with Gasteiger partial charge in [0.2, 0.25) is 0 Å². The number of hydrogen-bond donors (Lipinski definition) is 2. The lowest BCUT2D eigenvalue weighted by Crippen LogP contribution is -2.44. The van der Waals surface area contributed by atoms with Crippen LogP contribution in [-0.4, -0.2) is 16.6 Å². The number of nitrogens with one attached hydrogen (secondary N) is 1. The van der Waals surface area contributed by atoms with Gasteiger partial charge < -0.3 is 10.4 Å². The van der Waals surface area contributed by atoms with Crippen LogP contribution < -0.4 is 5.32 Å². The van der Waals surface area contributed by atoms with Crippen molar-refractivity contribution in [1.29, 1.82) is 0 Å². The van der Waals surface area contributed by atoms with Gasteiger partial charge in [-0.15, -0.1) is 0 Å². The molecule has 2 rings (SSSR count). The first-order valence-corrected chi connectivity index (χ1v) is 5.88. The molecule has 0 radical (unpaired) electrons. The van der Waals surface area contributed by atoms with Crippen LogP contribution >= 0.6 is 0 Å². The molecule has 17 heavy (non-hydrogen) atoms. The molecule has 1 saturated carbocycles. The second kappa shape index (κ2) is 4.35. The first-order chi connectivity index (χ1) is 8.08. The maximum atomic E-state index is 13.7. The zero-order valence-corrected chi connectivity index (χ0v) is 9.79. The molecule has 4 heteroatoms. The molecule has 1 aromatic rings. The van der Waals surface area contributed by atoms with Crippen LogP contribution in [0.5, 0.6) is 0 Å². The SMILES string of the molecule is CCC1(Nc2c(F)cccc2C(=O)O)CCC1. The van der Waals surface area contributed by atoms with Crippen molar-refractivity contribution < 1.29 is 14.3 Å². The minimum absolute atomic E-state index is 0.00438. The van der Waals surface area contributed by atoms with E-state index < -0.39 is 11.8 Å². The average molecular weight is 237 g/mol. The molecule has 0 spiro atoms. The summed E-state index contributed by atoms with van der Waals surface area (Å²) in [6, 6.07) is 4.13. The van der Waals surface area contributed by atoms with Crippen molar-refractivity contribution in [2.24, 2.45) is 0 Å². The van der Waals surface area contributed by atoms with E-state index in [0.29, 0.717) is 0 Å². The highest BCUT2D eigenvalue weighted by atomic mass is 19.1. The molecule has 1 aliphatic carbocycles. The maximum absolute atomic E-state index is 13.7. The van der Waals surface area contributed by atoms with E-state index in [1.807, 2.05) is 6.92 Å². The minimum atomic E-state index is -1.10. The molecule has 2 N–H and O–H groups in total. The van der Waals surface area contributed by atoms with Gasteiger partial charge in [-0.05, 0) is 37.8 Å². The number of carboxylic acids is 1. The van der Waals surface area contributed by atoms with Crippen LogP contribution in [0.15, 0.2) is 18.2 Å². The monoisotopic (exact) mass is 237 g/mol. The van der Waals surface area contributed by atoms with Crippen LogP contribution in [0.4, 0.5) is 10.1 Å². The molecular formula is C13H16FNO2. The van der Waals surface area contributed by atoms with Crippen LogP contribution in [0, 0.1) is 5.82 Å². The van der Waals surface area contributed by atoms with Gasteiger partial charge in [-0.25, -0.2) is 9.18 Å². The molecule has 0 aromatic heterocycles. The first-order valence-electron chi connectivity index (χ1n) is 5.88. The summed E-state index contributed by atoms with van der Waals surface area (Å²) in [6.07, 6.45) is 3.92. The highest BCUT2D eigenvalue weighted by molar-refractivity contribution is 5.94. The molecule has 1 aliphatic rings. The Morgan fingerprint density at radius 2 is 2.24 bits per heavy atom. The highest BCUT2D eigenvalue weighted by Crippen LogP contribution is 2.39. The lowest BCUT2D eigenvalue weighted by molar-refractivity contribution is 0.0697. The van der Waals surface area contributed by atoms with Gasteiger partial charge in [0, 0.05) is 5.54 Å². The molecule has 1 aromatic carbocycles. The molecular weight excluding hydrogens is 221 g/mol. The second-order valence-corrected chi connectivity index (χ2v) is 4.58. The van der Waals surface area contributed by atoms with Crippen molar-refractivity contribution in [3.63, 3.8) is 0 Å². The van der Waals surface area contributed by atoms with E-state index in [0.717, 1.165) is 25.7 Å². The highest BCUT2D eigenvalue weighted by Gasteiger charge is 2.36. The molecule has 0 unspecified atom stereocenters. The Labute approximate surface area is 99.7 Å². The Morgan fingerprint density at radius 1 is 1.53 bits per heavy atom. The fourth-order valence-corrected chi connectivity index (χ4v) is 2.27. The predicted octanol–water partition coefficient (Wildman–Crippen LogP) is 3.27. The Hall–Kier alpha value is -1.58. The van der Waals surface area contributed by atoms with Gasteiger partial charge in [0.15, 0.2) is 0 Å². The van der Waals surface area contributed by atoms with Gasteiger partial charge in [0.1, 0.15) is 5.82 Å². The smallest absolute Gasteiger partial charge is 0.337 e. The molecule has 0 amide bonds. The molecule has 0 heterocycles. The zero-order valence-electron chi connectivity index (χ0n) is 9.79. The lowest BCUT2D eigenvalue weighted by Gasteiger charge is -2.43. The van der Waals surface area contributed by atoms with E-state index in [-0.39, 0.29) is 16.8 Å². The molecule has 3 nitrogen and oxygen atoms in total. The number of halogens is 1. The number of carbonyl (C=O) groups is 1. The van der Waals surface area contributed by atoms with Gasteiger partial charge in [0.25, 0.3) is 0 Å². The van der Waals surface area contributed by atoms with Crippen LogP contribution in [0.3, 0.4) is 0 Å². The summed E-state index contributed by atoms with van der Waals surface area (Å²) >= 11 is 0. The maximum Gasteiger partial charge on any atom is 0.337 e. The average Bonchev–Trinajstić information content (AvgIpc) is 2.25. The van der Waals surface area contributed by atoms with Gasteiger partial charge in [0.05, 0.1) is 11.3 Å². The number of benzene rings is 1. The summed E-state index contributed by atoms with van der Waals surface area (Å²) in [5, 5.41) is 12.1. The topological polar surface area (TPSA) is 49.3 Å². The summed E-state index contributed by atoms with van der Waals surface area (Å²) in [6.45, 7) is 2.04. The van der Waals surface area contributed by atoms with Crippen molar-refractivity contribution in [2.75, 3.05) is 5.32 Å². The molecule has 0 bridgehead atoms. The van der Waals surface area contributed by atoms with Crippen LogP contribution in [0.1, 0.15) is 43.0 Å². The van der Waals surface area contributed by atoms with Crippen LogP contribution in [0.25, 0.3) is 0 Å². The van der Waals surface area contributed by atoms with Crippen molar-refractivity contribution in [3.8, 4) is 0 Å². The summed E-state index contributed by atoms with van der Waals surface area (Å²) < 4.78 is 13.7. The predicted molar refractivity (Wildman–Crippen MR) is 63.9 cm³/mol. The van der Waals surface area contributed by atoms with Crippen molar-refractivity contribution in [1.82, 2.24) is 0 Å².